The van der Waals surface area contributed by atoms with Crippen LogP contribution in [0.5, 0.6) is 5.75 Å². The van der Waals surface area contributed by atoms with E-state index >= 15 is 0 Å². The molecule has 0 aliphatic heterocycles. The van der Waals surface area contributed by atoms with Crippen LogP contribution in [0.1, 0.15) is 32.8 Å². The maximum atomic E-state index is 11.2. The van der Waals surface area contributed by atoms with Crippen molar-refractivity contribution in [1.29, 1.82) is 0 Å². The van der Waals surface area contributed by atoms with Crippen molar-refractivity contribution in [3.63, 3.8) is 0 Å². The first-order valence-electron chi connectivity index (χ1n) is 5.86. The second kappa shape index (κ2) is 5.28. The number of nitrogens with two attached hydrogens (primary N) is 1. The zero-order chi connectivity index (χ0) is 14.0. The van der Waals surface area contributed by atoms with Gasteiger partial charge in [0.25, 0.3) is 0 Å². The van der Waals surface area contributed by atoms with Gasteiger partial charge in [-0.05, 0) is 42.5 Å². The van der Waals surface area contributed by atoms with Crippen LogP contribution in [0, 0.1) is 12.3 Å². The zero-order valence-electron chi connectivity index (χ0n) is 11.4. The lowest BCUT2D eigenvalue weighted by Crippen LogP contribution is -2.13. The van der Waals surface area contributed by atoms with E-state index in [2.05, 4.69) is 20.8 Å². The van der Waals surface area contributed by atoms with Gasteiger partial charge in [0.05, 0.1) is 11.5 Å². The number of aryl methyl sites for hydroxylation is 1. The van der Waals surface area contributed by atoms with Gasteiger partial charge in [-0.2, -0.15) is 0 Å². The monoisotopic (exact) mass is 271 g/mol. The summed E-state index contributed by atoms with van der Waals surface area (Å²) in [4.78, 5) is 0.114. The summed E-state index contributed by atoms with van der Waals surface area (Å²) >= 11 is 0. The minimum Gasteiger partial charge on any atom is -0.493 e. The number of rotatable bonds is 4. The van der Waals surface area contributed by atoms with E-state index in [4.69, 9.17) is 9.88 Å². The number of primary sulfonamides is 1. The van der Waals surface area contributed by atoms with Gasteiger partial charge in [-0.25, -0.2) is 13.6 Å². The van der Waals surface area contributed by atoms with Crippen molar-refractivity contribution in [2.75, 3.05) is 6.61 Å². The van der Waals surface area contributed by atoms with Crippen LogP contribution in [0.15, 0.2) is 23.1 Å². The molecule has 0 aromatic heterocycles. The Balaban J connectivity index is 2.75. The maximum Gasteiger partial charge on any atom is 0.238 e. The number of hydrogen-bond donors (Lipinski definition) is 1. The molecule has 0 heterocycles. The van der Waals surface area contributed by atoms with E-state index in [0.717, 1.165) is 12.0 Å². The lowest BCUT2D eigenvalue weighted by molar-refractivity contribution is 0.242. The summed E-state index contributed by atoms with van der Waals surface area (Å²) in [6.45, 7) is 8.86. The lowest BCUT2D eigenvalue weighted by Gasteiger charge is -2.18. The van der Waals surface area contributed by atoms with Gasteiger partial charge in [0, 0.05) is 0 Å². The molecular formula is C13H21NO3S. The summed E-state index contributed by atoms with van der Waals surface area (Å²) < 4.78 is 28.0. The van der Waals surface area contributed by atoms with Gasteiger partial charge in [0.15, 0.2) is 0 Å². The molecule has 18 heavy (non-hydrogen) atoms. The van der Waals surface area contributed by atoms with Gasteiger partial charge in [0.2, 0.25) is 10.0 Å². The van der Waals surface area contributed by atoms with Gasteiger partial charge in [-0.1, -0.05) is 20.8 Å². The highest BCUT2D eigenvalue weighted by molar-refractivity contribution is 7.89. The van der Waals surface area contributed by atoms with Crippen molar-refractivity contribution in [2.24, 2.45) is 10.6 Å². The molecule has 0 bridgehead atoms. The normalized spacial score (nSPS) is 12.5. The number of benzene rings is 1. The first-order valence-corrected chi connectivity index (χ1v) is 7.40. The fourth-order valence-corrected chi connectivity index (χ4v) is 2.03. The fraction of sp³-hybridized carbons (Fsp3) is 0.538. The molecule has 1 aromatic rings. The van der Waals surface area contributed by atoms with Crippen molar-refractivity contribution in [2.45, 2.75) is 39.0 Å². The maximum absolute atomic E-state index is 11.2. The third-order valence-electron chi connectivity index (χ3n) is 2.58. The minimum atomic E-state index is -3.64. The Kier molecular flexibility index (Phi) is 4.40. The molecule has 1 rings (SSSR count). The van der Waals surface area contributed by atoms with Crippen LogP contribution < -0.4 is 9.88 Å². The average Bonchev–Trinajstić information content (AvgIpc) is 2.17. The summed E-state index contributed by atoms with van der Waals surface area (Å²) in [6, 6.07) is 4.65. The largest absolute Gasteiger partial charge is 0.493 e. The topological polar surface area (TPSA) is 69.4 Å². The predicted molar refractivity (Wildman–Crippen MR) is 72.1 cm³/mol. The first-order chi connectivity index (χ1) is 8.09. The van der Waals surface area contributed by atoms with E-state index in [1.54, 1.807) is 13.0 Å². The van der Waals surface area contributed by atoms with Crippen LogP contribution in [0.2, 0.25) is 0 Å². The van der Waals surface area contributed by atoms with Crippen LogP contribution >= 0.6 is 0 Å². The first kappa shape index (κ1) is 15.0. The van der Waals surface area contributed by atoms with Gasteiger partial charge in [-0.15, -0.1) is 0 Å². The Morgan fingerprint density at radius 1 is 1.28 bits per heavy atom. The standard InChI is InChI=1S/C13H21NO3S/c1-10-9-11(18(14,15)16)5-6-12(10)17-8-7-13(2,3)4/h5-6,9H,7-8H2,1-4H3,(H2,14,15,16). The molecule has 2 N–H and O–H groups in total. The molecule has 0 atom stereocenters. The van der Waals surface area contributed by atoms with Crippen molar-refractivity contribution in [3.8, 4) is 5.75 Å². The molecule has 0 aliphatic rings. The van der Waals surface area contributed by atoms with Crippen LogP contribution in [0.4, 0.5) is 0 Å². The molecule has 0 spiro atoms. The number of hydrogen-bond acceptors (Lipinski definition) is 3. The molecule has 0 saturated carbocycles. The van der Waals surface area contributed by atoms with E-state index in [0.29, 0.717) is 12.4 Å². The highest BCUT2D eigenvalue weighted by Gasteiger charge is 2.12. The summed E-state index contributed by atoms with van der Waals surface area (Å²) in [6.07, 6.45) is 0.934. The van der Waals surface area contributed by atoms with Crippen molar-refractivity contribution in [3.05, 3.63) is 23.8 Å². The minimum absolute atomic E-state index is 0.114. The molecule has 0 saturated heterocycles. The Bertz CT molecular complexity index is 516. The van der Waals surface area contributed by atoms with E-state index in [9.17, 15) is 8.42 Å². The summed E-state index contributed by atoms with van der Waals surface area (Å²) in [5.74, 6) is 0.701. The molecule has 0 radical (unpaired) electrons. The smallest absolute Gasteiger partial charge is 0.238 e. The molecule has 0 aliphatic carbocycles. The van der Waals surface area contributed by atoms with Crippen LogP contribution in [0.3, 0.4) is 0 Å². The molecule has 102 valence electrons. The van der Waals surface area contributed by atoms with Gasteiger partial charge < -0.3 is 4.74 Å². The molecule has 5 heteroatoms. The molecular weight excluding hydrogens is 250 g/mol. The SMILES string of the molecule is Cc1cc(S(N)(=O)=O)ccc1OCCC(C)(C)C. The molecule has 4 nitrogen and oxygen atoms in total. The van der Waals surface area contributed by atoms with Crippen molar-refractivity contribution >= 4 is 10.0 Å². The Morgan fingerprint density at radius 3 is 2.33 bits per heavy atom. The highest BCUT2D eigenvalue weighted by Crippen LogP contribution is 2.23. The van der Waals surface area contributed by atoms with Gasteiger partial charge in [0.1, 0.15) is 5.75 Å². The number of sulfonamides is 1. The molecule has 0 unspecified atom stereocenters. The van der Waals surface area contributed by atoms with E-state index in [-0.39, 0.29) is 10.3 Å². The van der Waals surface area contributed by atoms with E-state index < -0.39 is 10.0 Å². The van der Waals surface area contributed by atoms with Gasteiger partial charge >= 0.3 is 0 Å². The quantitative estimate of drug-likeness (QED) is 0.914. The van der Waals surface area contributed by atoms with Crippen molar-refractivity contribution < 1.29 is 13.2 Å². The summed E-state index contributed by atoms with van der Waals surface area (Å²) in [5, 5.41) is 5.06. The Labute approximate surface area is 109 Å². The van der Waals surface area contributed by atoms with E-state index in [1.165, 1.54) is 12.1 Å². The lowest BCUT2D eigenvalue weighted by atomic mass is 9.93. The fourth-order valence-electron chi connectivity index (χ4n) is 1.43. The van der Waals surface area contributed by atoms with Crippen LogP contribution in [-0.2, 0) is 10.0 Å². The highest BCUT2D eigenvalue weighted by atomic mass is 32.2. The third kappa shape index (κ3) is 4.66. The van der Waals surface area contributed by atoms with Crippen molar-refractivity contribution in [1.82, 2.24) is 0 Å². The average molecular weight is 271 g/mol. The predicted octanol–water partition coefficient (Wildman–Crippen LogP) is 2.46. The van der Waals surface area contributed by atoms with Crippen LogP contribution in [0.25, 0.3) is 0 Å². The second-order valence-corrected chi connectivity index (χ2v) is 7.19. The van der Waals surface area contributed by atoms with Gasteiger partial charge in [-0.3, -0.25) is 0 Å². The summed E-state index contributed by atoms with van der Waals surface area (Å²) in [5.41, 5.74) is 0.990. The van der Waals surface area contributed by atoms with E-state index in [1.807, 2.05) is 0 Å². The molecule has 0 fully saturated rings. The number of ether oxygens (including phenoxy) is 1. The Hall–Kier alpha value is -1.07. The molecule has 0 amide bonds. The second-order valence-electron chi connectivity index (χ2n) is 5.63. The summed E-state index contributed by atoms with van der Waals surface area (Å²) in [7, 11) is -3.64. The zero-order valence-corrected chi connectivity index (χ0v) is 12.2. The Morgan fingerprint density at radius 2 is 1.89 bits per heavy atom. The van der Waals surface area contributed by atoms with Crippen LogP contribution in [-0.4, -0.2) is 15.0 Å². The third-order valence-corrected chi connectivity index (χ3v) is 3.50. The molecule has 1 aromatic carbocycles.